The molecule has 148 valence electrons. The summed E-state index contributed by atoms with van der Waals surface area (Å²) in [5.41, 5.74) is 6.54. The van der Waals surface area contributed by atoms with Gasteiger partial charge in [-0.1, -0.05) is 0 Å². The summed E-state index contributed by atoms with van der Waals surface area (Å²) in [7, 11) is 1.73. The highest BCUT2D eigenvalue weighted by atomic mass is 32.1. The summed E-state index contributed by atoms with van der Waals surface area (Å²) >= 11 is 1.26. The Morgan fingerprint density at radius 3 is 2.71 bits per heavy atom. The zero-order valence-electron chi connectivity index (χ0n) is 14.7. The van der Waals surface area contributed by atoms with Crippen molar-refractivity contribution in [1.82, 2.24) is 9.97 Å². The van der Waals surface area contributed by atoms with Crippen LogP contribution in [0, 0.1) is 0 Å². The maximum atomic E-state index is 12.3. The van der Waals surface area contributed by atoms with E-state index in [1.807, 2.05) is 12.1 Å². The summed E-state index contributed by atoms with van der Waals surface area (Å²) in [6.45, 7) is 0. The molecule has 0 unspecified atom stereocenters. The number of thiophene rings is 1. The molecule has 0 saturated heterocycles. The third-order valence-electron chi connectivity index (χ3n) is 4.72. The topological polar surface area (TPSA) is 93.3 Å². The third kappa shape index (κ3) is 3.50. The average Bonchev–Trinajstić information content (AvgIpc) is 3.02. The number of pyridine rings is 2. The highest BCUT2D eigenvalue weighted by Gasteiger charge is 2.50. The van der Waals surface area contributed by atoms with Gasteiger partial charge in [0.25, 0.3) is 0 Å². The number of fused-ring (bicyclic) bond motifs is 1. The Kier molecular flexibility index (Phi) is 4.44. The molecular weight excluding hydrogens is 393 g/mol. The largest absolute Gasteiger partial charge is 0.522 e. The number of aliphatic hydroxyl groups is 1. The molecule has 10 heteroatoms. The van der Waals surface area contributed by atoms with Gasteiger partial charge in [-0.3, -0.25) is 4.74 Å². The smallest absolute Gasteiger partial charge is 0.396 e. The predicted octanol–water partition coefficient (Wildman–Crippen LogP) is 3.87. The number of alkyl halides is 3. The summed E-state index contributed by atoms with van der Waals surface area (Å²) in [5, 5.41) is 14.3. The molecule has 0 spiro atoms. The van der Waals surface area contributed by atoms with Crippen LogP contribution < -0.4 is 11.1 Å². The van der Waals surface area contributed by atoms with E-state index in [1.165, 1.54) is 11.3 Å². The lowest BCUT2D eigenvalue weighted by atomic mass is 9.76. The van der Waals surface area contributed by atoms with Gasteiger partial charge in [0, 0.05) is 41.9 Å². The van der Waals surface area contributed by atoms with Crippen LogP contribution >= 0.6 is 11.3 Å². The number of hydrogen-bond donors (Lipinski definition) is 3. The number of nitrogen functional groups attached to an aromatic ring is 1. The lowest BCUT2D eigenvalue weighted by molar-refractivity contribution is -0.364. The van der Waals surface area contributed by atoms with Gasteiger partial charge < -0.3 is 16.2 Å². The standard InChI is InChI=1S/C18H17F3N4O2S/c1-23-15-12(22)4-10(8-24-15)13-3-2-9-5-14(28-16(9)25-13)17(26)6-11(7-17)27-18(19,20)21/h2-5,8,11,26H,6-7,22H2,1H3,(H,23,24). The van der Waals surface area contributed by atoms with Crippen molar-refractivity contribution < 1.29 is 23.0 Å². The summed E-state index contributed by atoms with van der Waals surface area (Å²) in [6, 6.07) is 7.19. The van der Waals surface area contributed by atoms with Crippen molar-refractivity contribution in [2.75, 3.05) is 18.1 Å². The van der Waals surface area contributed by atoms with Crippen molar-refractivity contribution in [1.29, 1.82) is 0 Å². The molecular formula is C18H17F3N4O2S. The fraction of sp³-hybridized carbons (Fsp3) is 0.333. The molecule has 4 N–H and O–H groups in total. The van der Waals surface area contributed by atoms with Crippen molar-refractivity contribution in [3.63, 3.8) is 0 Å². The normalized spacial score (nSPS) is 22.2. The van der Waals surface area contributed by atoms with Gasteiger partial charge >= 0.3 is 6.36 Å². The van der Waals surface area contributed by atoms with Gasteiger partial charge in [-0.25, -0.2) is 9.97 Å². The predicted molar refractivity (Wildman–Crippen MR) is 101 cm³/mol. The first kappa shape index (κ1) is 18.9. The van der Waals surface area contributed by atoms with E-state index in [9.17, 15) is 18.3 Å². The van der Waals surface area contributed by atoms with Gasteiger partial charge in [-0.15, -0.1) is 24.5 Å². The van der Waals surface area contributed by atoms with Crippen LogP contribution in [0.2, 0.25) is 0 Å². The summed E-state index contributed by atoms with van der Waals surface area (Å²) in [4.78, 5) is 10.1. The molecule has 1 aliphatic rings. The first-order valence-corrected chi connectivity index (χ1v) is 9.30. The van der Waals surface area contributed by atoms with Crippen molar-refractivity contribution in [3.05, 3.63) is 35.3 Å². The van der Waals surface area contributed by atoms with Crippen LogP contribution in [0.1, 0.15) is 17.7 Å². The van der Waals surface area contributed by atoms with E-state index >= 15 is 0 Å². The molecule has 0 atom stereocenters. The summed E-state index contributed by atoms with van der Waals surface area (Å²) < 4.78 is 40.9. The van der Waals surface area contributed by atoms with Crippen molar-refractivity contribution in [3.8, 4) is 11.3 Å². The van der Waals surface area contributed by atoms with Crippen LogP contribution in [-0.2, 0) is 10.3 Å². The maximum absolute atomic E-state index is 12.3. The Bertz CT molecular complexity index is 1030. The van der Waals surface area contributed by atoms with Gasteiger partial charge in [0.15, 0.2) is 0 Å². The number of nitrogens with zero attached hydrogens (tertiary/aromatic N) is 2. The first-order chi connectivity index (χ1) is 13.2. The van der Waals surface area contributed by atoms with Crippen molar-refractivity contribution in [2.24, 2.45) is 0 Å². The molecule has 0 bridgehead atoms. The minimum atomic E-state index is -4.69. The number of ether oxygens (including phenoxy) is 1. The number of anilines is 2. The van der Waals surface area contributed by atoms with Gasteiger partial charge in [0.05, 0.1) is 17.5 Å². The molecule has 0 aliphatic heterocycles. The lowest BCUT2D eigenvalue weighted by Gasteiger charge is -2.42. The molecule has 1 aliphatic carbocycles. The molecule has 0 radical (unpaired) electrons. The van der Waals surface area contributed by atoms with Gasteiger partial charge in [-0.2, -0.15) is 0 Å². The van der Waals surface area contributed by atoms with Crippen LogP contribution in [0.5, 0.6) is 0 Å². The second kappa shape index (κ2) is 6.57. The second-order valence-corrected chi connectivity index (χ2v) is 7.77. The van der Waals surface area contributed by atoms with E-state index in [1.54, 1.807) is 25.4 Å². The molecule has 1 saturated carbocycles. The molecule has 1 fully saturated rings. The Morgan fingerprint density at radius 2 is 2.07 bits per heavy atom. The number of aromatic nitrogens is 2. The van der Waals surface area contributed by atoms with Gasteiger partial charge in [0.1, 0.15) is 16.2 Å². The number of halogens is 3. The summed E-state index contributed by atoms with van der Waals surface area (Å²) in [5.74, 6) is 0.575. The second-order valence-electron chi connectivity index (χ2n) is 6.74. The molecule has 6 nitrogen and oxygen atoms in total. The first-order valence-electron chi connectivity index (χ1n) is 8.48. The number of nitrogens with one attached hydrogen (secondary N) is 1. The molecule has 3 aromatic rings. The van der Waals surface area contributed by atoms with E-state index in [0.717, 1.165) is 10.9 Å². The van der Waals surface area contributed by atoms with Crippen LogP contribution in [-0.4, -0.2) is 34.6 Å². The van der Waals surface area contributed by atoms with E-state index in [4.69, 9.17) is 5.73 Å². The van der Waals surface area contributed by atoms with Gasteiger partial charge in [0.2, 0.25) is 0 Å². The van der Waals surface area contributed by atoms with Gasteiger partial charge in [-0.05, 0) is 24.3 Å². The maximum Gasteiger partial charge on any atom is 0.522 e. The Morgan fingerprint density at radius 1 is 1.32 bits per heavy atom. The quantitative estimate of drug-likeness (QED) is 0.605. The van der Waals surface area contributed by atoms with Crippen LogP contribution in [0.15, 0.2) is 30.5 Å². The van der Waals surface area contributed by atoms with E-state index < -0.39 is 18.1 Å². The molecule has 0 amide bonds. The Hall–Kier alpha value is -2.43. The Labute approximate surface area is 162 Å². The Balaban J connectivity index is 1.58. The average molecular weight is 410 g/mol. The molecule has 0 aromatic carbocycles. The summed E-state index contributed by atoms with van der Waals surface area (Å²) in [6.07, 6.45) is -4.26. The van der Waals surface area contributed by atoms with Crippen LogP contribution in [0.25, 0.3) is 21.5 Å². The SMILES string of the molecule is CNc1ncc(-c2ccc3cc(C4(O)CC(OC(F)(F)F)C4)sc3n2)cc1N. The molecule has 3 aromatic heterocycles. The highest BCUT2D eigenvalue weighted by molar-refractivity contribution is 7.18. The monoisotopic (exact) mass is 410 g/mol. The lowest BCUT2D eigenvalue weighted by Crippen LogP contribution is -2.47. The minimum absolute atomic E-state index is 0.0991. The molecule has 28 heavy (non-hydrogen) atoms. The van der Waals surface area contributed by atoms with E-state index in [0.29, 0.717) is 26.9 Å². The van der Waals surface area contributed by atoms with E-state index in [2.05, 4.69) is 20.0 Å². The number of rotatable bonds is 4. The number of nitrogens with two attached hydrogens (primary N) is 1. The fourth-order valence-electron chi connectivity index (χ4n) is 3.31. The van der Waals surface area contributed by atoms with Crippen LogP contribution in [0.4, 0.5) is 24.7 Å². The van der Waals surface area contributed by atoms with Crippen LogP contribution in [0.3, 0.4) is 0 Å². The third-order valence-corrected chi connectivity index (χ3v) is 5.96. The zero-order chi connectivity index (χ0) is 20.1. The zero-order valence-corrected chi connectivity index (χ0v) is 15.6. The number of hydrogen-bond acceptors (Lipinski definition) is 7. The van der Waals surface area contributed by atoms with E-state index in [-0.39, 0.29) is 12.8 Å². The molecule has 4 rings (SSSR count). The van der Waals surface area contributed by atoms with Crippen molar-refractivity contribution in [2.45, 2.75) is 30.9 Å². The van der Waals surface area contributed by atoms with Crippen molar-refractivity contribution >= 4 is 33.1 Å². The molecule has 3 heterocycles. The minimum Gasteiger partial charge on any atom is -0.396 e. The fourth-order valence-corrected chi connectivity index (χ4v) is 4.45. The highest BCUT2D eigenvalue weighted by Crippen LogP contribution is 2.48.